The molecule has 0 bridgehead atoms. The van der Waals surface area contributed by atoms with Gasteiger partial charge in [0.1, 0.15) is 0 Å². The molecule has 4 unspecified atom stereocenters. The minimum absolute atomic E-state index is 0.408. The molecule has 1 N–H and O–H groups in total. The first kappa shape index (κ1) is 8.58. The first-order chi connectivity index (χ1) is 5.75. The first-order valence-electron chi connectivity index (χ1n) is 4.84. The second-order valence-electron chi connectivity index (χ2n) is 4.02. The molecule has 0 aromatic rings. The van der Waals surface area contributed by atoms with Crippen LogP contribution in [0, 0.1) is 5.92 Å². The van der Waals surface area contributed by atoms with Crippen LogP contribution in [-0.4, -0.2) is 17.5 Å². The van der Waals surface area contributed by atoms with E-state index in [1.165, 1.54) is 12.8 Å². The Labute approximate surface area is 79.2 Å². The Bertz CT molecular complexity index is 190. The lowest BCUT2D eigenvalue weighted by molar-refractivity contribution is 0.287. The number of hydrogen-bond acceptors (Lipinski definition) is 1. The van der Waals surface area contributed by atoms with Crippen LogP contribution in [0.1, 0.15) is 26.2 Å². The zero-order chi connectivity index (χ0) is 8.55. The highest BCUT2D eigenvalue weighted by molar-refractivity contribution is 6.20. The maximum absolute atomic E-state index is 6.11. The molecule has 0 aromatic heterocycles. The van der Waals surface area contributed by atoms with E-state index >= 15 is 0 Å². The molecule has 0 amide bonds. The molecule has 1 fully saturated rings. The van der Waals surface area contributed by atoms with Crippen molar-refractivity contribution in [3.63, 3.8) is 0 Å². The summed E-state index contributed by atoms with van der Waals surface area (Å²) in [5, 5.41) is 4.00. The third-order valence-corrected chi connectivity index (χ3v) is 3.36. The SMILES string of the molecule is CC1C=CC2CC(Cl)CCC2N1. The Balaban J connectivity index is 2.04. The highest BCUT2D eigenvalue weighted by atomic mass is 35.5. The third kappa shape index (κ3) is 1.67. The quantitative estimate of drug-likeness (QED) is 0.451. The lowest BCUT2D eigenvalue weighted by atomic mass is 9.81. The molecular weight excluding hydrogens is 170 g/mol. The number of hydrogen-bond donors (Lipinski definition) is 1. The van der Waals surface area contributed by atoms with Crippen molar-refractivity contribution in [3.8, 4) is 0 Å². The normalized spacial score (nSPS) is 47.2. The summed E-state index contributed by atoms with van der Waals surface area (Å²) < 4.78 is 0. The minimum atomic E-state index is 0.408. The molecule has 2 aliphatic rings. The summed E-state index contributed by atoms with van der Waals surface area (Å²) in [4.78, 5) is 0. The predicted molar refractivity (Wildman–Crippen MR) is 52.5 cm³/mol. The van der Waals surface area contributed by atoms with Gasteiger partial charge in [0.2, 0.25) is 0 Å². The van der Waals surface area contributed by atoms with Gasteiger partial charge in [-0.3, -0.25) is 0 Å². The van der Waals surface area contributed by atoms with Crippen molar-refractivity contribution in [2.45, 2.75) is 43.6 Å². The number of nitrogens with one attached hydrogen (secondary N) is 1. The van der Waals surface area contributed by atoms with E-state index in [1.807, 2.05) is 0 Å². The van der Waals surface area contributed by atoms with Crippen molar-refractivity contribution >= 4 is 11.6 Å². The summed E-state index contributed by atoms with van der Waals surface area (Å²) in [5.41, 5.74) is 0. The van der Waals surface area contributed by atoms with Crippen molar-refractivity contribution in [2.75, 3.05) is 0 Å². The van der Waals surface area contributed by atoms with Gasteiger partial charge in [-0.05, 0) is 32.1 Å². The molecular formula is C10H16ClN. The molecule has 0 saturated heterocycles. The van der Waals surface area contributed by atoms with Gasteiger partial charge in [0.05, 0.1) is 0 Å². The van der Waals surface area contributed by atoms with Crippen LogP contribution in [0.2, 0.25) is 0 Å². The van der Waals surface area contributed by atoms with Crippen LogP contribution in [0.4, 0.5) is 0 Å². The molecule has 1 aliphatic carbocycles. The number of alkyl halides is 1. The molecule has 0 radical (unpaired) electrons. The van der Waals surface area contributed by atoms with Crippen molar-refractivity contribution < 1.29 is 0 Å². The van der Waals surface area contributed by atoms with Gasteiger partial charge in [-0.15, -0.1) is 11.6 Å². The summed E-state index contributed by atoms with van der Waals surface area (Å²) in [7, 11) is 0. The van der Waals surface area contributed by atoms with Crippen molar-refractivity contribution in [3.05, 3.63) is 12.2 Å². The highest BCUT2D eigenvalue weighted by Gasteiger charge is 2.30. The Morgan fingerprint density at radius 1 is 1.33 bits per heavy atom. The van der Waals surface area contributed by atoms with E-state index in [0.29, 0.717) is 23.4 Å². The van der Waals surface area contributed by atoms with E-state index < -0.39 is 0 Å². The van der Waals surface area contributed by atoms with E-state index in [4.69, 9.17) is 11.6 Å². The zero-order valence-corrected chi connectivity index (χ0v) is 8.22. The van der Waals surface area contributed by atoms with Crippen LogP contribution in [0.25, 0.3) is 0 Å². The number of rotatable bonds is 0. The third-order valence-electron chi connectivity index (χ3n) is 2.96. The number of fused-ring (bicyclic) bond motifs is 1. The molecule has 68 valence electrons. The smallest absolute Gasteiger partial charge is 0.0342 e. The van der Waals surface area contributed by atoms with E-state index in [0.717, 1.165) is 6.42 Å². The topological polar surface area (TPSA) is 12.0 Å². The van der Waals surface area contributed by atoms with E-state index in [1.54, 1.807) is 0 Å². The van der Waals surface area contributed by atoms with E-state index in [2.05, 4.69) is 24.4 Å². The average molecular weight is 186 g/mol. The zero-order valence-electron chi connectivity index (χ0n) is 7.46. The van der Waals surface area contributed by atoms with Crippen LogP contribution in [0.15, 0.2) is 12.2 Å². The number of halogens is 1. The summed E-state index contributed by atoms with van der Waals surface area (Å²) >= 11 is 6.11. The fraction of sp³-hybridized carbons (Fsp3) is 0.800. The predicted octanol–water partition coefficient (Wildman–Crippen LogP) is 2.31. The standard InChI is InChI=1S/C10H16ClN/c1-7-2-3-8-6-9(11)4-5-10(8)12-7/h2-3,7-10,12H,4-6H2,1H3. The molecule has 1 heterocycles. The second kappa shape index (κ2) is 3.39. The molecule has 0 spiro atoms. The molecule has 4 atom stereocenters. The fourth-order valence-corrected chi connectivity index (χ4v) is 2.61. The monoisotopic (exact) mass is 185 g/mol. The van der Waals surface area contributed by atoms with Gasteiger partial charge in [-0.1, -0.05) is 12.2 Å². The molecule has 0 aromatic carbocycles. The van der Waals surface area contributed by atoms with Crippen molar-refractivity contribution in [1.29, 1.82) is 0 Å². The maximum Gasteiger partial charge on any atom is 0.0342 e. The van der Waals surface area contributed by atoms with Gasteiger partial charge in [0, 0.05) is 17.5 Å². The Kier molecular flexibility index (Phi) is 2.42. The Hall–Kier alpha value is -0.0100. The van der Waals surface area contributed by atoms with Gasteiger partial charge in [-0.2, -0.15) is 0 Å². The van der Waals surface area contributed by atoms with E-state index in [9.17, 15) is 0 Å². The molecule has 2 heteroatoms. The average Bonchev–Trinajstić information content (AvgIpc) is 2.05. The largest absolute Gasteiger partial charge is 0.307 e. The highest BCUT2D eigenvalue weighted by Crippen LogP contribution is 2.31. The van der Waals surface area contributed by atoms with Gasteiger partial charge in [0.25, 0.3) is 0 Å². The lowest BCUT2D eigenvalue weighted by Gasteiger charge is -2.37. The molecule has 1 saturated carbocycles. The van der Waals surface area contributed by atoms with Gasteiger partial charge < -0.3 is 5.32 Å². The maximum atomic E-state index is 6.11. The van der Waals surface area contributed by atoms with Crippen molar-refractivity contribution in [1.82, 2.24) is 5.32 Å². The fourth-order valence-electron chi connectivity index (χ4n) is 2.27. The van der Waals surface area contributed by atoms with Gasteiger partial charge >= 0.3 is 0 Å². The summed E-state index contributed by atoms with van der Waals surface area (Å²) in [5.74, 6) is 0.692. The molecule has 2 rings (SSSR count). The first-order valence-corrected chi connectivity index (χ1v) is 5.28. The Morgan fingerprint density at radius 2 is 2.17 bits per heavy atom. The van der Waals surface area contributed by atoms with Gasteiger partial charge in [0.15, 0.2) is 0 Å². The van der Waals surface area contributed by atoms with Crippen LogP contribution in [-0.2, 0) is 0 Å². The lowest BCUT2D eigenvalue weighted by Crippen LogP contribution is -2.46. The van der Waals surface area contributed by atoms with E-state index in [-0.39, 0.29) is 0 Å². The van der Waals surface area contributed by atoms with Crippen LogP contribution < -0.4 is 5.32 Å². The van der Waals surface area contributed by atoms with Crippen LogP contribution in [0.5, 0.6) is 0 Å². The minimum Gasteiger partial charge on any atom is -0.307 e. The van der Waals surface area contributed by atoms with Crippen molar-refractivity contribution in [2.24, 2.45) is 5.92 Å². The Morgan fingerprint density at radius 3 is 3.00 bits per heavy atom. The summed E-state index contributed by atoms with van der Waals surface area (Å²) in [6.45, 7) is 2.21. The van der Waals surface area contributed by atoms with Crippen LogP contribution in [0.3, 0.4) is 0 Å². The second-order valence-corrected chi connectivity index (χ2v) is 4.64. The summed E-state index contributed by atoms with van der Waals surface area (Å²) in [6.07, 6.45) is 8.18. The molecule has 1 nitrogen and oxygen atoms in total. The molecule has 1 aliphatic heterocycles. The van der Waals surface area contributed by atoms with Crippen LogP contribution >= 0.6 is 11.6 Å². The molecule has 12 heavy (non-hydrogen) atoms. The summed E-state index contributed by atoms with van der Waals surface area (Å²) in [6, 6.07) is 1.25. The van der Waals surface area contributed by atoms with Gasteiger partial charge in [-0.25, -0.2) is 0 Å².